The third-order valence-electron chi connectivity index (χ3n) is 7.19. The van der Waals surface area contributed by atoms with Crippen LogP contribution in [0.1, 0.15) is 48.8 Å². The number of likely N-dealkylation sites (tertiary alicyclic amines) is 1. The van der Waals surface area contributed by atoms with Crippen LogP contribution in [0.15, 0.2) is 59.1 Å². The lowest BCUT2D eigenvalue weighted by molar-refractivity contribution is 0.0714. The van der Waals surface area contributed by atoms with Crippen molar-refractivity contribution in [1.29, 1.82) is 0 Å². The Bertz CT molecular complexity index is 760. The molecule has 142 valence electrons. The summed E-state index contributed by atoms with van der Waals surface area (Å²) in [7, 11) is 0. The van der Waals surface area contributed by atoms with Crippen LogP contribution in [0, 0.1) is 11.8 Å². The molecular weight excluding hydrogens is 396 g/mol. The van der Waals surface area contributed by atoms with Crippen molar-refractivity contribution < 1.29 is 0 Å². The molecular formula is C24H29BrN2. The van der Waals surface area contributed by atoms with Gasteiger partial charge >= 0.3 is 0 Å². The molecule has 0 amide bonds. The van der Waals surface area contributed by atoms with Crippen LogP contribution < -0.4 is 5.32 Å². The van der Waals surface area contributed by atoms with Gasteiger partial charge in [-0.1, -0.05) is 58.4 Å². The number of fused-ring (bicyclic) bond motifs is 4. The van der Waals surface area contributed by atoms with E-state index < -0.39 is 0 Å². The molecule has 1 saturated carbocycles. The van der Waals surface area contributed by atoms with Gasteiger partial charge in [-0.2, -0.15) is 0 Å². The Morgan fingerprint density at radius 1 is 0.889 bits per heavy atom. The maximum Gasteiger partial charge on any atom is 0.0351 e. The molecule has 4 aliphatic rings. The van der Waals surface area contributed by atoms with Crippen molar-refractivity contribution in [1.82, 2.24) is 10.2 Å². The molecule has 0 radical (unpaired) electrons. The fourth-order valence-electron chi connectivity index (χ4n) is 6.01. The topological polar surface area (TPSA) is 15.3 Å². The molecule has 5 atom stereocenters. The van der Waals surface area contributed by atoms with Crippen LogP contribution in [-0.4, -0.2) is 30.6 Å². The molecule has 2 bridgehead atoms. The average Bonchev–Trinajstić information content (AvgIpc) is 3.00. The largest absolute Gasteiger partial charge is 0.316 e. The van der Waals surface area contributed by atoms with E-state index in [1.165, 1.54) is 60.9 Å². The maximum atomic E-state index is 3.79. The first-order valence-electron chi connectivity index (χ1n) is 10.6. The summed E-state index contributed by atoms with van der Waals surface area (Å²) in [5.74, 6) is 2.21. The van der Waals surface area contributed by atoms with E-state index in [9.17, 15) is 0 Å². The smallest absolute Gasteiger partial charge is 0.0351 e. The minimum Gasteiger partial charge on any atom is -0.316 e. The summed E-state index contributed by atoms with van der Waals surface area (Å²) >= 11 is 3.60. The van der Waals surface area contributed by atoms with Gasteiger partial charge in [0.2, 0.25) is 0 Å². The molecule has 6 rings (SSSR count). The summed E-state index contributed by atoms with van der Waals surface area (Å²) in [6, 6.07) is 21.7. The fraction of sp³-hybridized carbons (Fsp3) is 0.500. The van der Waals surface area contributed by atoms with Crippen LogP contribution >= 0.6 is 15.9 Å². The molecule has 27 heavy (non-hydrogen) atoms. The van der Waals surface area contributed by atoms with Gasteiger partial charge in [-0.25, -0.2) is 0 Å². The Balaban J connectivity index is 1.45. The van der Waals surface area contributed by atoms with Gasteiger partial charge in [0.1, 0.15) is 0 Å². The second kappa shape index (κ2) is 7.69. The van der Waals surface area contributed by atoms with Crippen LogP contribution in [0.3, 0.4) is 0 Å². The van der Waals surface area contributed by atoms with E-state index in [1.54, 1.807) is 0 Å². The minimum atomic E-state index is 0.612. The second-order valence-electron chi connectivity index (χ2n) is 8.69. The van der Waals surface area contributed by atoms with Crippen LogP contribution in [0.25, 0.3) is 0 Å². The van der Waals surface area contributed by atoms with Gasteiger partial charge in [0.05, 0.1) is 0 Å². The van der Waals surface area contributed by atoms with Crippen LogP contribution in [0.5, 0.6) is 0 Å². The zero-order valence-corrected chi connectivity index (χ0v) is 17.4. The van der Waals surface area contributed by atoms with Crippen molar-refractivity contribution in [3.05, 3.63) is 70.2 Å². The predicted molar refractivity (Wildman–Crippen MR) is 115 cm³/mol. The first-order valence-corrected chi connectivity index (χ1v) is 11.4. The Morgan fingerprint density at radius 2 is 1.70 bits per heavy atom. The Kier molecular flexibility index (Phi) is 5.10. The quantitative estimate of drug-likeness (QED) is 0.712. The SMILES string of the molecule is Brc1ccc(C2CC3CNCC2C(N2CCCC2c2ccccc2)C3)cc1. The first-order chi connectivity index (χ1) is 13.3. The molecule has 0 spiro atoms. The van der Waals surface area contributed by atoms with E-state index in [2.05, 4.69) is 80.7 Å². The summed E-state index contributed by atoms with van der Waals surface area (Å²) in [4.78, 5) is 2.88. The highest BCUT2D eigenvalue weighted by atomic mass is 79.9. The van der Waals surface area contributed by atoms with Gasteiger partial charge < -0.3 is 5.32 Å². The van der Waals surface area contributed by atoms with Crippen LogP contribution in [-0.2, 0) is 0 Å². The second-order valence-corrected chi connectivity index (χ2v) is 9.61. The Morgan fingerprint density at radius 3 is 2.52 bits per heavy atom. The average molecular weight is 425 g/mol. The van der Waals surface area contributed by atoms with E-state index in [1.807, 2.05) is 0 Å². The molecule has 5 unspecified atom stereocenters. The van der Waals surface area contributed by atoms with Gasteiger partial charge in [-0.05, 0) is 79.8 Å². The lowest BCUT2D eigenvalue weighted by Gasteiger charge is -2.45. The zero-order valence-electron chi connectivity index (χ0n) is 15.9. The number of hydrogen-bond donors (Lipinski definition) is 1. The molecule has 3 heterocycles. The molecule has 2 aromatic carbocycles. The molecule has 1 aliphatic carbocycles. The molecule has 3 saturated heterocycles. The summed E-state index contributed by atoms with van der Waals surface area (Å²) in [5.41, 5.74) is 3.06. The highest BCUT2D eigenvalue weighted by Crippen LogP contribution is 2.47. The third kappa shape index (κ3) is 3.50. The van der Waals surface area contributed by atoms with E-state index in [-0.39, 0.29) is 0 Å². The highest BCUT2D eigenvalue weighted by Gasteiger charge is 2.45. The molecule has 3 aliphatic heterocycles. The van der Waals surface area contributed by atoms with Gasteiger partial charge in [-0.15, -0.1) is 0 Å². The van der Waals surface area contributed by atoms with E-state index >= 15 is 0 Å². The number of hydrogen-bond acceptors (Lipinski definition) is 2. The van der Waals surface area contributed by atoms with E-state index in [0.717, 1.165) is 5.92 Å². The van der Waals surface area contributed by atoms with Crippen molar-refractivity contribution in [2.24, 2.45) is 11.8 Å². The number of nitrogens with one attached hydrogen (secondary N) is 1. The monoisotopic (exact) mass is 424 g/mol. The van der Waals surface area contributed by atoms with Gasteiger partial charge in [-0.3, -0.25) is 4.90 Å². The number of rotatable bonds is 3. The highest BCUT2D eigenvalue weighted by molar-refractivity contribution is 9.10. The zero-order chi connectivity index (χ0) is 18.2. The minimum absolute atomic E-state index is 0.612. The van der Waals surface area contributed by atoms with Crippen LogP contribution in [0.2, 0.25) is 0 Å². The van der Waals surface area contributed by atoms with Gasteiger partial charge in [0.15, 0.2) is 0 Å². The normalized spacial score (nSPS) is 33.9. The summed E-state index contributed by atoms with van der Waals surface area (Å²) in [6.07, 6.45) is 5.37. The summed E-state index contributed by atoms with van der Waals surface area (Å²) in [6.45, 7) is 3.63. The first kappa shape index (κ1) is 17.9. The van der Waals surface area contributed by atoms with Crippen molar-refractivity contribution in [2.45, 2.75) is 43.7 Å². The molecule has 2 nitrogen and oxygen atoms in total. The van der Waals surface area contributed by atoms with Crippen molar-refractivity contribution in [3.8, 4) is 0 Å². The third-order valence-corrected chi connectivity index (χ3v) is 7.72. The molecule has 4 fully saturated rings. The summed E-state index contributed by atoms with van der Waals surface area (Å²) < 4.78 is 1.18. The molecule has 3 heteroatoms. The predicted octanol–water partition coefficient (Wildman–Crippen LogP) is 5.37. The standard InChI is InChI=1S/C24H29BrN2/c25-20-10-8-18(9-11-20)21-13-17-14-24(22(21)16-26-15-17)27-12-4-7-23(27)19-5-2-1-3-6-19/h1-3,5-6,8-11,17,21-24,26H,4,7,12-16H2. The lowest BCUT2D eigenvalue weighted by atomic mass is 9.69. The molecule has 0 aromatic heterocycles. The van der Waals surface area contributed by atoms with Crippen molar-refractivity contribution in [2.75, 3.05) is 19.6 Å². The van der Waals surface area contributed by atoms with E-state index in [0.29, 0.717) is 23.9 Å². The number of nitrogens with zero attached hydrogens (tertiary/aromatic N) is 1. The summed E-state index contributed by atoms with van der Waals surface area (Å²) in [5, 5.41) is 3.79. The Labute approximate surface area is 171 Å². The number of halogens is 1. The van der Waals surface area contributed by atoms with E-state index in [4.69, 9.17) is 0 Å². The fourth-order valence-corrected chi connectivity index (χ4v) is 6.27. The molecule has 2 aromatic rings. The maximum absolute atomic E-state index is 3.79. The van der Waals surface area contributed by atoms with Crippen molar-refractivity contribution >= 4 is 15.9 Å². The van der Waals surface area contributed by atoms with Gasteiger partial charge in [0, 0.05) is 23.1 Å². The number of benzene rings is 2. The van der Waals surface area contributed by atoms with Crippen LogP contribution in [0.4, 0.5) is 0 Å². The van der Waals surface area contributed by atoms with Gasteiger partial charge in [0.25, 0.3) is 0 Å². The molecule has 1 N–H and O–H groups in total. The lowest BCUT2D eigenvalue weighted by Crippen LogP contribution is -2.47. The van der Waals surface area contributed by atoms with Crippen molar-refractivity contribution in [3.63, 3.8) is 0 Å². The Hall–Kier alpha value is -1.16.